The Morgan fingerprint density at radius 1 is 1.00 bits per heavy atom. The number of rotatable bonds is 6. The summed E-state index contributed by atoms with van der Waals surface area (Å²) in [4.78, 5) is 0. The van der Waals surface area contributed by atoms with Crippen molar-refractivity contribution in [1.82, 2.24) is 0 Å². The molecule has 0 atom stereocenters. The molecule has 1 aliphatic rings. The van der Waals surface area contributed by atoms with Crippen LogP contribution in [-0.4, -0.2) is 0 Å². The first-order valence-corrected chi connectivity index (χ1v) is 9.98. The van der Waals surface area contributed by atoms with Gasteiger partial charge >= 0.3 is 0 Å². The molecule has 0 radical (unpaired) electrons. The van der Waals surface area contributed by atoms with Gasteiger partial charge in [-0.25, -0.2) is 0 Å². The van der Waals surface area contributed by atoms with Crippen LogP contribution in [0.25, 0.3) is 10.9 Å². The van der Waals surface area contributed by atoms with Gasteiger partial charge in [0.05, 0.1) is 3.57 Å². The lowest BCUT2D eigenvalue weighted by Crippen LogP contribution is -2.34. The molecule has 1 nitrogen and oxygen atoms in total. The predicted molar refractivity (Wildman–Crippen MR) is 102 cm³/mol. The molecule has 1 aromatic carbocycles. The van der Waals surface area contributed by atoms with Gasteiger partial charge in [0.1, 0.15) is 6.54 Å². The summed E-state index contributed by atoms with van der Waals surface area (Å²) in [6.45, 7) is 1.15. The maximum Gasteiger partial charge on any atom is 0.212 e. The second-order valence-corrected chi connectivity index (χ2v) is 8.01. The van der Waals surface area contributed by atoms with Crippen LogP contribution in [0.3, 0.4) is 0 Å². The number of aromatic nitrogens is 1. The van der Waals surface area contributed by atoms with Crippen LogP contribution in [0.1, 0.15) is 57.8 Å². The Morgan fingerprint density at radius 2 is 1.82 bits per heavy atom. The third kappa shape index (κ3) is 4.43. The average Bonchev–Trinajstić information content (AvgIpc) is 2.55. The van der Waals surface area contributed by atoms with E-state index in [9.17, 15) is 0 Å². The van der Waals surface area contributed by atoms with Crippen LogP contribution in [0.5, 0.6) is 0 Å². The minimum absolute atomic E-state index is 1.04. The predicted octanol–water partition coefficient (Wildman–Crippen LogP) is 5.87. The number of para-hydroxylation sites is 1. The lowest BCUT2D eigenvalue weighted by atomic mass is 9.85. The van der Waals surface area contributed by atoms with Gasteiger partial charge in [0.25, 0.3) is 0 Å². The van der Waals surface area contributed by atoms with Crippen LogP contribution >= 0.6 is 22.6 Å². The minimum atomic E-state index is 1.04. The van der Waals surface area contributed by atoms with Gasteiger partial charge in [0.15, 0.2) is 6.20 Å². The number of nitrogens with zero attached hydrogens (tertiary/aromatic N) is 1. The summed E-state index contributed by atoms with van der Waals surface area (Å²) in [6.07, 6.45) is 15.3. The molecule has 0 saturated heterocycles. The van der Waals surface area contributed by atoms with Crippen molar-refractivity contribution in [1.29, 1.82) is 0 Å². The molecule has 1 heterocycles. The summed E-state index contributed by atoms with van der Waals surface area (Å²) in [5, 5.41) is 1.36. The van der Waals surface area contributed by atoms with E-state index >= 15 is 0 Å². The van der Waals surface area contributed by atoms with Gasteiger partial charge in [-0.15, -0.1) is 0 Å². The van der Waals surface area contributed by atoms with E-state index in [-0.39, 0.29) is 0 Å². The normalized spacial score (nSPS) is 16.2. The van der Waals surface area contributed by atoms with Crippen molar-refractivity contribution >= 4 is 33.5 Å². The molecule has 22 heavy (non-hydrogen) atoms. The van der Waals surface area contributed by atoms with Gasteiger partial charge in [-0.3, -0.25) is 0 Å². The summed E-state index contributed by atoms with van der Waals surface area (Å²) in [7, 11) is 0. The smallest absolute Gasteiger partial charge is 0.197 e. The number of aryl methyl sites for hydroxylation is 1. The molecule has 2 heteroatoms. The van der Waals surface area contributed by atoms with Crippen LogP contribution in [0, 0.1) is 9.49 Å². The maximum atomic E-state index is 2.44. The van der Waals surface area contributed by atoms with E-state index in [0.29, 0.717) is 0 Å². The Morgan fingerprint density at radius 3 is 2.68 bits per heavy atom. The zero-order valence-electron chi connectivity index (χ0n) is 13.4. The van der Waals surface area contributed by atoms with Gasteiger partial charge in [0.2, 0.25) is 5.52 Å². The van der Waals surface area contributed by atoms with E-state index in [1.807, 2.05) is 0 Å². The van der Waals surface area contributed by atoms with Crippen LogP contribution in [0.15, 0.2) is 36.5 Å². The first kappa shape index (κ1) is 16.2. The van der Waals surface area contributed by atoms with Crippen molar-refractivity contribution in [2.75, 3.05) is 0 Å². The van der Waals surface area contributed by atoms with E-state index in [0.717, 1.165) is 12.5 Å². The van der Waals surface area contributed by atoms with Gasteiger partial charge < -0.3 is 0 Å². The Balaban J connectivity index is 1.49. The molecule has 0 aliphatic heterocycles. The highest BCUT2D eigenvalue weighted by atomic mass is 127. The quantitative estimate of drug-likeness (QED) is 0.320. The van der Waals surface area contributed by atoms with E-state index in [2.05, 4.69) is 63.7 Å². The minimum Gasteiger partial charge on any atom is -0.197 e. The van der Waals surface area contributed by atoms with E-state index < -0.39 is 0 Å². The molecule has 0 amide bonds. The van der Waals surface area contributed by atoms with Gasteiger partial charge in [0, 0.05) is 17.9 Å². The van der Waals surface area contributed by atoms with Gasteiger partial charge in [-0.1, -0.05) is 57.1 Å². The Labute approximate surface area is 148 Å². The van der Waals surface area contributed by atoms with Crippen LogP contribution in [0.2, 0.25) is 0 Å². The first-order valence-electron chi connectivity index (χ1n) is 8.91. The largest absolute Gasteiger partial charge is 0.212 e. The van der Waals surface area contributed by atoms with Crippen LogP contribution < -0.4 is 4.57 Å². The van der Waals surface area contributed by atoms with Gasteiger partial charge in [-0.2, -0.15) is 4.57 Å². The molecule has 2 aromatic rings. The summed E-state index contributed by atoms with van der Waals surface area (Å²) >= 11 is 2.43. The molecule has 0 unspecified atom stereocenters. The molecule has 1 aliphatic carbocycles. The van der Waals surface area contributed by atoms with Crippen LogP contribution in [-0.2, 0) is 6.54 Å². The number of hydrogen-bond acceptors (Lipinski definition) is 0. The highest BCUT2D eigenvalue weighted by Gasteiger charge is 2.13. The third-order valence-electron chi connectivity index (χ3n) is 5.05. The van der Waals surface area contributed by atoms with Crippen molar-refractivity contribution in [2.24, 2.45) is 5.92 Å². The van der Waals surface area contributed by atoms with E-state index in [1.165, 1.54) is 72.3 Å². The Hall–Kier alpha value is -0.640. The summed E-state index contributed by atoms with van der Waals surface area (Å²) in [6, 6.07) is 11.0. The summed E-state index contributed by atoms with van der Waals surface area (Å²) in [5.41, 5.74) is 1.37. The Kier molecular flexibility index (Phi) is 6.11. The lowest BCUT2D eigenvalue weighted by Gasteiger charge is -2.21. The molecule has 0 spiro atoms. The average molecular weight is 408 g/mol. The molecule has 3 rings (SSSR count). The van der Waals surface area contributed by atoms with Crippen molar-refractivity contribution in [3.05, 3.63) is 40.1 Å². The zero-order valence-corrected chi connectivity index (χ0v) is 15.6. The van der Waals surface area contributed by atoms with Crippen LogP contribution in [0.4, 0.5) is 0 Å². The van der Waals surface area contributed by atoms with Crippen molar-refractivity contribution in [3.8, 4) is 0 Å². The molecular weight excluding hydrogens is 381 g/mol. The number of benzene rings is 1. The second kappa shape index (κ2) is 8.28. The maximum absolute atomic E-state index is 2.44. The van der Waals surface area contributed by atoms with Gasteiger partial charge in [-0.05, 0) is 47.1 Å². The fourth-order valence-corrected chi connectivity index (χ4v) is 4.50. The number of unbranched alkanes of at least 4 members (excludes halogenated alkanes) is 2. The monoisotopic (exact) mass is 408 g/mol. The van der Waals surface area contributed by atoms with E-state index in [4.69, 9.17) is 0 Å². The molecule has 1 fully saturated rings. The molecule has 1 aromatic heterocycles. The Bertz CT molecular complexity index is 602. The first-order chi connectivity index (χ1) is 10.8. The number of halogens is 1. The zero-order chi connectivity index (χ0) is 15.2. The standard InChI is InChI=1S/C20H27IN/c21-19-15-18-12-6-7-13-20(18)22(16-19)14-8-2-5-11-17-9-3-1-4-10-17/h6-7,12-13,15-17H,1-5,8-11,14H2/q+1. The lowest BCUT2D eigenvalue weighted by molar-refractivity contribution is -0.672. The summed E-state index contributed by atoms with van der Waals surface area (Å²) in [5.74, 6) is 1.04. The molecule has 0 N–H and O–H groups in total. The molecular formula is C20H27IN+. The highest BCUT2D eigenvalue weighted by Crippen LogP contribution is 2.27. The molecule has 1 saturated carbocycles. The molecule has 118 valence electrons. The van der Waals surface area contributed by atoms with Crippen molar-refractivity contribution in [3.63, 3.8) is 0 Å². The molecule has 0 bridgehead atoms. The highest BCUT2D eigenvalue weighted by molar-refractivity contribution is 14.1. The number of fused-ring (bicyclic) bond motifs is 1. The number of pyridine rings is 1. The number of hydrogen-bond donors (Lipinski definition) is 0. The topological polar surface area (TPSA) is 3.88 Å². The SMILES string of the molecule is Ic1cc2ccccc2[n+](CCCCCC2CCCCC2)c1. The van der Waals surface area contributed by atoms with Crippen molar-refractivity contribution < 1.29 is 4.57 Å². The van der Waals surface area contributed by atoms with Crippen molar-refractivity contribution in [2.45, 2.75) is 64.3 Å². The summed E-state index contributed by atoms with van der Waals surface area (Å²) < 4.78 is 3.77. The third-order valence-corrected chi connectivity index (χ3v) is 5.64. The second-order valence-electron chi connectivity index (χ2n) is 6.76. The van der Waals surface area contributed by atoms with E-state index in [1.54, 1.807) is 0 Å². The fraction of sp³-hybridized carbons (Fsp3) is 0.550. The fourth-order valence-electron chi connectivity index (χ4n) is 3.83.